The molecule has 0 spiro atoms. The van der Waals surface area contributed by atoms with Crippen LogP contribution in [-0.2, 0) is 0 Å². The van der Waals surface area contributed by atoms with E-state index in [4.69, 9.17) is 5.11 Å². The van der Waals surface area contributed by atoms with Crippen LogP contribution >= 0.6 is 0 Å². The number of carbonyl (C=O) groups is 1. The van der Waals surface area contributed by atoms with Crippen LogP contribution in [0.5, 0.6) is 5.75 Å². The predicted octanol–water partition coefficient (Wildman–Crippen LogP) is 2.16. The minimum Gasteiger partial charge on any atom is -0.508 e. The van der Waals surface area contributed by atoms with Crippen molar-refractivity contribution in [2.75, 3.05) is 6.54 Å². The maximum atomic E-state index is 13.4. The van der Waals surface area contributed by atoms with E-state index in [1.165, 1.54) is 12.1 Å². The Kier molecular flexibility index (Phi) is 2.81. The van der Waals surface area contributed by atoms with E-state index in [1.807, 2.05) is 6.92 Å². The first kappa shape index (κ1) is 10.9. The highest BCUT2D eigenvalue weighted by molar-refractivity contribution is 5.95. The third-order valence-corrected chi connectivity index (χ3v) is 3.06. The summed E-state index contributed by atoms with van der Waals surface area (Å²) in [6, 6.07) is 3.86. The third-order valence-electron chi connectivity index (χ3n) is 3.06. The highest BCUT2D eigenvalue weighted by Gasteiger charge is 2.32. The molecule has 1 aliphatic heterocycles. The predicted molar refractivity (Wildman–Crippen MR) is 57.8 cm³/mol. The average molecular weight is 223 g/mol. The number of hydrogen-bond donors (Lipinski definition) is 1. The van der Waals surface area contributed by atoms with E-state index < -0.39 is 5.82 Å². The molecule has 1 saturated heterocycles. The standard InChI is InChI=1S/C12H14FNO2/c1-2-8-5-6-14(8)12(16)10-4-3-9(15)7-11(10)13/h3-4,7-8,15H,2,5-6H2,1H3/t8-/m0/s1. The van der Waals surface area contributed by atoms with E-state index in [0.29, 0.717) is 6.54 Å². The van der Waals surface area contributed by atoms with Crippen molar-refractivity contribution in [1.29, 1.82) is 0 Å². The number of phenolic OH excluding ortho intramolecular Hbond substituents is 1. The summed E-state index contributed by atoms with van der Waals surface area (Å²) in [6.07, 6.45) is 1.88. The Bertz CT molecular complexity index is 417. The van der Waals surface area contributed by atoms with Crippen LogP contribution in [0.4, 0.5) is 4.39 Å². The summed E-state index contributed by atoms with van der Waals surface area (Å²) < 4.78 is 13.4. The van der Waals surface area contributed by atoms with Crippen LogP contribution in [0.25, 0.3) is 0 Å². The smallest absolute Gasteiger partial charge is 0.257 e. The van der Waals surface area contributed by atoms with Crippen molar-refractivity contribution in [3.05, 3.63) is 29.6 Å². The quantitative estimate of drug-likeness (QED) is 0.834. The lowest BCUT2D eigenvalue weighted by Gasteiger charge is -2.40. The SMILES string of the molecule is CC[C@H]1CCN1C(=O)c1ccc(O)cc1F. The lowest BCUT2D eigenvalue weighted by Crippen LogP contribution is -2.50. The Morgan fingerprint density at radius 2 is 2.38 bits per heavy atom. The van der Waals surface area contributed by atoms with Gasteiger partial charge in [0, 0.05) is 18.7 Å². The second-order valence-corrected chi connectivity index (χ2v) is 4.01. The molecule has 1 aromatic carbocycles. The molecule has 1 atom stereocenters. The van der Waals surface area contributed by atoms with Crippen LogP contribution in [0.2, 0.25) is 0 Å². The Morgan fingerprint density at radius 1 is 1.62 bits per heavy atom. The molecule has 0 bridgehead atoms. The molecule has 2 rings (SSSR count). The fourth-order valence-electron chi connectivity index (χ4n) is 1.96. The molecule has 0 aromatic heterocycles. The molecule has 0 unspecified atom stereocenters. The van der Waals surface area contributed by atoms with E-state index in [0.717, 1.165) is 18.9 Å². The van der Waals surface area contributed by atoms with Crippen LogP contribution in [0, 0.1) is 5.82 Å². The molecule has 16 heavy (non-hydrogen) atoms. The second-order valence-electron chi connectivity index (χ2n) is 4.01. The minimum atomic E-state index is -0.660. The number of nitrogens with zero attached hydrogens (tertiary/aromatic N) is 1. The van der Waals surface area contributed by atoms with Crippen molar-refractivity contribution in [3.8, 4) is 5.75 Å². The van der Waals surface area contributed by atoms with E-state index >= 15 is 0 Å². The summed E-state index contributed by atoms with van der Waals surface area (Å²) in [4.78, 5) is 13.6. The highest BCUT2D eigenvalue weighted by Crippen LogP contribution is 2.24. The molecule has 1 aromatic rings. The first-order valence-corrected chi connectivity index (χ1v) is 5.43. The van der Waals surface area contributed by atoms with Gasteiger partial charge in [0.2, 0.25) is 0 Å². The van der Waals surface area contributed by atoms with E-state index in [1.54, 1.807) is 4.90 Å². The zero-order chi connectivity index (χ0) is 11.7. The van der Waals surface area contributed by atoms with Crippen LogP contribution in [0.3, 0.4) is 0 Å². The summed E-state index contributed by atoms with van der Waals surface area (Å²) in [5, 5.41) is 9.06. The average Bonchev–Trinajstić information content (AvgIpc) is 2.16. The van der Waals surface area contributed by atoms with Gasteiger partial charge in [-0.05, 0) is 25.0 Å². The topological polar surface area (TPSA) is 40.5 Å². The fraction of sp³-hybridized carbons (Fsp3) is 0.417. The van der Waals surface area contributed by atoms with Crippen molar-refractivity contribution in [2.45, 2.75) is 25.8 Å². The highest BCUT2D eigenvalue weighted by atomic mass is 19.1. The largest absolute Gasteiger partial charge is 0.508 e. The number of phenols is 1. The molecule has 3 nitrogen and oxygen atoms in total. The number of halogens is 1. The fourth-order valence-corrected chi connectivity index (χ4v) is 1.96. The van der Waals surface area contributed by atoms with Gasteiger partial charge in [0.05, 0.1) is 5.56 Å². The zero-order valence-electron chi connectivity index (χ0n) is 9.11. The summed E-state index contributed by atoms with van der Waals surface area (Å²) in [5.41, 5.74) is 0.0379. The van der Waals surface area contributed by atoms with Gasteiger partial charge in [-0.3, -0.25) is 4.79 Å². The van der Waals surface area contributed by atoms with Gasteiger partial charge in [-0.15, -0.1) is 0 Å². The molecule has 1 amide bonds. The van der Waals surface area contributed by atoms with Crippen LogP contribution < -0.4 is 0 Å². The Balaban J connectivity index is 2.21. The molecule has 0 saturated carbocycles. The minimum absolute atomic E-state index is 0.0379. The molecular weight excluding hydrogens is 209 g/mol. The van der Waals surface area contributed by atoms with Gasteiger partial charge in [0.15, 0.2) is 0 Å². The van der Waals surface area contributed by atoms with Crippen LogP contribution in [0.1, 0.15) is 30.1 Å². The summed E-state index contributed by atoms with van der Waals surface area (Å²) >= 11 is 0. The molecule has 1 N–H and O–H groups in total. The molecule has 4 heteroatoms. The Morgan fingerprint density at radius 3 is 2.88 bits per heavy atom. The van der Waals surface area contributed by atoms with E-state index in [-0.39, 0.29) is 23.3 Å². The van der Waals surface area contributed by atoms with Crippen LogP contribution in [0.15, 0.2) is 18.2 Å². The van der Waals surface area contributed by atoms with Gasteiger partial charge in [-0.1, -0.05) is 6.92 Å². The van der Waals surface area contributed by atoms with Crippen molar-refractivity contribution in [3.63, 3.8) is 0 Å². The van der Waals surface area contributed by atoms with Gasteiger partial charge in [0.25, 0.3) is 5.91 Å². The monoisotopic (exact) mass is 223 g/mol. The maximum absolute atomic E-state index is 13.4. The number of likely N-dealkylation sites (tertiary alicyclic amines) is 1. The number of aromatic hydroxyl groups is 1. The van der Waals surface area contributed by atoms with E-state index in [2.05, 4.69) is 0 Å². The third kappa shape index (κ3) is 1.75. The molecule has 0 aliphatic carbocycles. The summed E-state index contributed by atoms with van der Waals surface area (Å²) in [6.45, 7) is 2.70. The van der Waals surface area contributed by atoms with Gasteiger partial charge in [-0.25, -0.2) is 4.39 Å². The number of carbonyl (C=O) groups excluding carboxylic acids is 1. The van der Waals surface area contributed by atoms with Gasteiger partial charge < -0.3 is 10.0 Å². The number of benzene rings is 1. The van der Waals surface area contributed by atoms with Gasteiger partial charge >= 0.3 is 0 Å². The van der Waals surface area contributed by atoms with Crippen molar-refractivity contribution in [2.24, 2.45) is 0 Å². The maximum Gasteiger partial charge on any atom is 0.257 e. The van der Waals surface area contributed by atoms with E-state index in [9.17, 15) is 9.18 Å². The number of rotatable bonds is 2. The van der Waals surface area contributed by atoms with Gasteiger partial charge in [0.1, 0.15) is 11.6 Å². The van der Waals surface area contributed by atoms with Crippen molar-refractivity contribution >= 4 is 5.91 Å². The Hall–Kier alpha value is -1.58. The first-order valence-electron chi connectivity index (χ1n) is 5.43. The van der Waals surface area contributed by atoms with Crippen molar-refractivity contribution < 1.29 is 14.3 Å². The molecule has 1 aliphatic rings. The molecule has 1 fully saturated rings. The summed E-state index contributed by atoms with van der Waals surface area (Å²) in [7, 11) is 0. The lowest BCUT2D eigenvalue weighted by molar-refractivity contribution is 0.0451. The molecule has 1 heterocycles. The summed E-state index contributed by atoms with van der Waals surface area (Å²) in [5.74, 6) is -1.10. The Labute approximate surface area is 93.5 Å². The number of amides is 1. The van der Waals surface area contributed by atoms with Crippen molar-refractivity contribution in [1.82, 2.24) is 4.90 Å². The second kappa shape index (κ2) is 4.12. The molecule has 0 radical (unpaired) electrons. The molecular formula is C12H14FNO2. The normalized spacial score (nSPS) is 19.4. The van der Waals surface area contributed by atoms with Gasteiger partial charge in [-0.2, -0.15) is 0 Å². The molecule has 86 valence electrons. The zero-order valence-corrected chi connectivity index (χ0v) is 9.11. The lowest BCUT2D eigenvalue weighted by atomic mass is 9.99. The number of hydrogen-bond acceptors (Lipinski definition) is 2. The van der Waals surface area contributed by atoms with Crippen LogP contribution in [-0.4, -0.2) is 28.5 Å². The first-order chi connectivity index (χ1) is 7.63.